The van der Waals surface area contributed by atoms with Gasteiger partial charge >= 0.3 is 12.2 Å². The molecule has 0 unspecified atom stereocenters. The van der Waals surface area contributed by atoms with Gasteiger partial charge in [-0.15, -0.1) is 0 Å². The molecular weight excluding hydrogens is 606 g/mol. The fourth-order valence-corrected chi connectivity index (χ4v) is 5.72. The highest BCUT2D eigenvalue weighted by atomic mass is 19.4. The molecule has 4 heterocycles. The van der Waals surface area contributed by atoms with Crippen LogP contribution < -0.4 is 10.6 Å². The second-order valence-electron chi connectivity index (χ2n) is 11.2. The molecule has 0 aliphatic carbocycles. The standard InChI is InChI=1S/C32H29F4N7O3/c1-19(33)30(45)42-17-23(18-42)43-28-24(27(40-43)20-10-11-26(37-16-20)32(34,35)36)8-5-9-25(28)29(44)38-22-12-14-41(15-13-22)31(46)39-21-6-3-2-4-7-21/h2-11,16,22-23H,1,12-15,17-18H2,(H,38,44)(H,39,46). The van der Waals surface area contributed by atoms with Crippen LogP contribution in [0, 0.1) is 0 Å². The summed E-state index contributed by atoms with van der Waals surface area (Å²) < 4.78 is 54.5. The van der Waals surface area contributed by atoms with Crippen molar-refractivity contribution in [2.24, 2.45) is 0 Å². The van der Waals surface area contributed by atoms with E-state index < -0.39 is 29.6 Å². The summed E-state index contributed by atoms with van der Waals surface area (Å²) in [7, 11) is 0. The maximum absolute atomic E-state index is 13.7. The van der Waals surface area contributed by atoms with Crippen LogP contribution in [0.1, 0.15) is 34.9 Å². The molecule has 6 rings (SSSR count). The summed E-state index contributed by atoms with van der Waals surface area (Å²) >= 11 is 0. The Kier molecular flexibility index (Phi) is 8.19. The molecule has 46 heavy (non-hydrogen) atoms. The van der Waals surface area contributed by atoms with Gasteiger partial charge in [0.25, 0.3) is 11.8 Å². The molecule has 2 saturated heterocycles. The molecule has 0 saturated carbocycles. The number of likely N-dealkylation sites (tertiary alicyclic amines) is 2. The number of hydrogen-bond donors (Lipinski definition) is 2. The van der Waals surface area contributed by atoms with Crippen LogP contribution in [-0.4, -0.2) is 74.6 Å². The van der Waals surface area contributed by atoms with Gasteiger partial charge in [0.15, 0.2) is 5.83 Å². The summed E-state index contributed by atoms with van der Waals surface area (Å²) in [5.74, 6) is -2.33. The van der Waals surface area contributed by atoms with Crippen molar-refractivity contribution in [2.45, 2.75) is 31.1 Å². The first-order valence-electron chi connectivity index (χ1n) is 14.6. The van der Waals surface area contributed by atoms with E-state index in [0.717, 1.165) is 12.3 Å². The Morgan fingerprint density at radius 1 is 0.913 bits per heavy atom. The quantitative estimate of drug-likeness (QED) is 0.218. The Morgan fingerprint density at radius 3 is 2.26 bits per heavy atom. The Labute approximate surface area is 260 Å². The number of rotatable bonds is 6. The van der Waals surface area contributed by atoms with Gasteiger partial charge in [-0.2, -0.15) is 18.3 Å². The first-order chi connectivity index (χ1) is 22.0. The smallest absolute Gasteiger partial charge is 0.349 e. The average Bonchev–Trinajstić information content (AvgIpc) is 3.40. The zero-order valence-corrected chi connectivity index (χ0v) is 24.4. The fraction of sp³-hybridized carbons (Fsp3) is 0.281. The molecule has 2 aromatic carbocycles. The highest BCUT2D eigenvalue weighted by molar-refractivity contribution is 6.09. The number of urea groups is 1. The average molecular weight is 636 g/mol. The molecule has 2 aliphatic heterocycles. The Balaban J connectivity index is 1.24. The van der Waals surface area contributed by atoms with Crippen molar-refractivity contribution in [1.29, 1.82) is 0 Å². The molecule has 0 spiro atoms. The molecule has 10 nitrogen and oxygen atoms in total. The Morgan fingerprint density at radius 2 is 1.63 bits per heavy atom. The Bertz CT molecular complexity index is 1790. The number of pyridine rings is 1. The van der Waals surface area contributed by atoms with Gasteiger partial charge in [-0.1, -0.05) is 36.9 Å². The zero-order valence-electron chi connectivity index (χ0n) is 24.4. The summed E-state index contributed by atoms with van der Waals surface area (Å²) in [6, 6.07) is 15.4. The van der Waals surface area contributed by atoms with E-state index in [1.165, 1.54) is 11.0 Å². The Hall–Kier alpha value is -5.27. The summed E-state index contributed by atoms with van der Waals surface area (Å²) in [5, 5.41) is 11.1. The number of nitrogens with one attached hydrogen (secondary N) is 2. The predicted molar refractivity (Wildman–Crippen MR) is 161 cm³/mol. The van der Waals surface area contributed by atoms with Crippen molar-refractivity contribution in [2.75, 3.05) is 31.5 Å². The molecule has 0 bridgehead atoms. The van der Waals surface area contributed by atoms with E-state index in [9.17, 15) is 31.9 Å². The number of hydrogen-bond acceptors (Lipinski definition) is 5. The molecule has 4 amide bonds. The third-order valence-electron chi connectivity index (χ3n) is 8.17. The molecule has 0 radical (unpaired) electrons. The van der Waals surface area contributed by atoms with E-state index >= 15 is 0 Å². The third-order valence-corrected chi connectivity index (χ3v) is 8.17. The van der Waals surface area contributed by atoms with Crippen LogP contribution in [0.2, 0.25) is 0 Å². The minimum Gasteiger partial charge on any atom is -0.349 e. The number of anilines is 1. The van der Waals surface area contributed by atoms with Gasteiger partial charge in [0.1, 0.15) is 11.4 Å². The van der Waals surface area contributed by atoms with Crippen LogP contribution >= 0.6 is 0 Å². The number of amides is 4. The number of fused-ring (bicyclic) bond motifs is 1. The van der Waals surface area contributed by atoms with Crippen LogP contribution in [0.15, 0.2) is 79.3 Å². The number of alkyl halides is 3. The van der Waals surface area contributed by atoms with Crippen molar-refractivity contribution in [1.82, 2.24) is 29.9 Å². The maximum atomic E-state index is 13.7. The number of halogens is 4. The predicted octanol–water partition coefficient (Wildman–Crippen LogP) is 5.41. The van der Waals surface area contributed by atoms with Crippen LogP contribution in [-0.2, 0) is 11.0 Å². The summed E-state index contributed by atoms with van der Waals surface area (Å²) in [5.41, 5.74) is 0.949. The van der Waals surface area contributed by atoms with E-state index in [1.807, 2.05) is 18.2 Å². The van der Waals surface area contributed by atoms with Gasteiger partial charge in [-0.3, -0.25) is 19.3 Å². The number of aromatic nitrogens is 3. The van der Waals surface area contributed by atoms with E-state index in [4.69, 9.17) is 0 Å². The van der Waals surface area contributed by atoms with Crippen LogP contribution in [0.5, 0.6) is 0 Å². The second-order valence-corrected chi connectivity index (χ2v) is 11.2. The molecular formula is C32H29F4N7O3. The van der Waals surface area contributed by atoms with Crippen LogP contribution in [0.3, 0.4) is 0 Å². The molecule has 0 atom stereocenters. The third kappa shape index (κ3) is 6.14. The highest BCUT2D eigenvalue weighted by Crippen LogP contribution is 2.36. The number of para-hydroxylation sites is 2. The topological polar surface area (TPSA) is 112 Å². The fourth-order valence-electron chi connectivity index (χ4n) is 5.72. The van der Waals surface area contributed by atoms with Crippen LogP contribution in [0.25, 0.3) is 22.2 Å². The van der Waals surface area contributed by atoms with E-state index in [1.54, 1.807) is 39.9 Å². The lowest BCUT2D eigenvalue weighted by atomic mass is 10.0. The van der Waals surface area contributed by atoms with Crippen LogP contribution in [0.4, 0.5) is 28.0 Å². The van der Waals surface area contributed by atoms with Crippen molar-refractivity contribution in [3.63, 3.8) is 0 Å². The minimum atomic E-state index is -4.62. The molecule has 2 N–H and O–H groups in total. The summed E-state index contributed by atoms with van der Waals surface area (Å²) in [6.07, 6.45) is -2.49. The van der Waals surface area contributed by atoms with Gasteiger partial charge in [-0.05, 0) is 43.2 Å². The molecule has 2 aromatic heterocycles. The van der Waals surface area contributed by atoms with Gasteiger partial charge in [-0.25, -0.2) is 9.18 Å². The lowest BCUT2D eigenvalue weighted by Gasteiger charge is -2.39. The molecule has 4 aromatic rings. The largest absolute Gasteiger partial charge is 0.433 e. The summed E-state index contributed by atoms with van der Waals surface area (Å²) in [4.78, 5) is 45.0. The first kappa shape index (κ1) is 30.7. The lowest BCUT2D eigenvalue weighted by molar-refractivity contribution is -0.141. The van der Waals surface area contributed by atoms with Gasteiger partial charge in [0.2, 0.25) is 0 Å². The lowest BCUT2D eigenvalue weighted by Crippen LogP contribution is -2.51. The number of carbonyl (C=O) groups is 3. The van der Waals surface area contributed by atoms with E-state index in [2.05, 4.69) is 27.3 Å². The van der Waals surface area contributed by atoms with Crippen molar-refractivity contribution >= 4 is 34.4 Å². The number of piperidine rings is 1. The van der Waals surface area contributed by atoms with Crippen molar-refractivity contribution < 1.29 is 31.9 Å². The minimum absolute atomic E-state index is 0.0999. The van der Waals surface area contributed by atoms with Gasteiger partial charge in [0.05, 0.1) is 17.1 Å². The van der Waals surface area contributed by atoms with Gasteiger partial charge in [0, 0.05) is 55.1 Å². The molecule has 2 fully saturated rings. The SMILES string of the molecule is C=C(F)C(=O)N1CC(n2nc(-c3ccc(C(F)(F)F)nc3)c3cccc(C(=O)NC4CCN(C(=O)Nc5ccccc5)CC4)c32)C1. The normalized spacial score (nSPS) is 15.8. The molecule has 238 valence electrons. The number of nitrogens with zero attached hydrogens (tertiary/aromatic N) is 5. The van der Waals surface area contributed by atoms with Crippen molar-refractivity contribution in [3.8, 4) is 11.3 Å². The highest BCUT2D eigenvalue weighted by Gasteiger charge is 2.37. The van der Waals surface area contributed by atoms with E-state index in [0.29, 0.717) is 53.8 Å². The molecule has 14 heteroatoms. The monoisotopic (exact) mass is 635 g/mol. The number of benzene rings is 2. The second kappa shape index (κ2) is 12.3. The summed E-state index contributed by atoms with van der Waals surface area (Å²) in [6.45, 7) is 4.12. The number of carbonyl (C=O) groups excluding carboxylic acids is 3. The molecule has 2 aliphatic rings. The van der Waals surface area contributed by atoms with Gasteiger partial charge < -0.3 is 20.4 Å². The zero-order chi connectivity index (χ0) is 32.6. The van der Waals surface area contributed by atoms with Crippen molar-refractivity contribution in [3.05, 3.63) is 90.5 Å². The first-order valence-corrected chi connectivity index (χ1v) is 14.6. The maximum Gasteiger partial charge on any atom is 0.433 e. The van der Waals surface area contributed by atoms with E-state index in [-0.39, 0.29) is 36.6 Å².